The molecule has 43 heavy (non-hydrogen) atoms. The highest BCUT2D eigenvalue weighted by atomic mass is 35.5. The van der Waals surface area contributed by atoms with Crippen molar-refractivity contribution in [2.45, 2.75) is 83.3 Å². The van der Waals surface area contributed by atoms with Gasteiger partial charge in [-0.05, 0) is 93.1 Å². The van der Waals surface area contributed by atoms with Gasteiger partial charge in [0.2, 0.25) is 11.8 Å². The van der Waals surface area contributed by atoms with Crippen LogP contribution in [-0.4, -0.2) is 43.8 Å². The van der Waals surface area contributed by atoms with E-state index in [1.807, 2.05) is 33.8 Å². The second-order valence-electron chi connectivity index (χ2n) is 11.3. The van der Waals surface area contributed by atoms with Gasteiger partial charge in [-0.1, -0.05) is 72.8 Å². The normalized spacial score (nSPS) is 14.4. The molecule has 0 radical (unpaired) electrons. The molecule has 1 fully saturated rings. The van der Waals surface area contributed by atoms with Crippen molar-refractivity contribution in [3.8, 4) is 0 Å². The molecule has 0 heterocycles. The van der Waals surface area contributed by atoms with Crippen molar-refractivity contribution in [3.63, 3.8) is 0 Å². The first-order valence-electron chi connectivity index (χ1n) is 14.6. The van der Waals surface area contributed by atoms with Gasteiger partial charge in [-0.15, -0.1) is 0 Å². The Bertz CT molecular complexity index is 1570. The summed E-state index contributed by atoms with van der Waals surface area (Å²) < 4.78 is 29.3. The first-order valence-corrected chi connectivity index (χ1v) is 16.8. The molecule has 3 aromatic rings. The Morgan fingerprint density at radius 3 is 2.19 bits per heavy atom. The average molecular weight is 645 g/mol. The fourth-order valence-electron chi connectivity index (χ4n) is 5.37. The molecule has 1 atom stereocenters. The lowest BCUT2D eigenvalue weighted by Gasteiger charge is -2.34. The summed E-state index contributed by atoms with van der Waals surface area (Å²) in [6, 6.07) is 16.2. The maximum Gasteiger partial charge on any atom is 0.264 e. The molecule has 1 aliphatic carbocycles. The van der Waals surface area contributed by atoms with Crippen molar-refractivity contribution in [1.29, 1.82) is 0 Å². The smallest absolute Gasteiger partial charge is 0.264 e. The van der Waals surface area contributed by atoms with Crippen LogP contribution < -0.4 is 9.62 Å². The standard InChI is InChI=1S/C33H39Cl2N3O4S/c1-5-31(33(40)36-26-8-6-7-9-26)37(20-25-13-17-29(34)30(35)19-25)32(39)21-38(27-14-12-23(3)24(4)18-27)43(41,42)28-15-10-22(2)11-16-28/h10-19,26,31H,5-9,20-21H2,1-4H3,(H,36,40)/t31-/m1/s1. The lowest BCUT2D eigenvalue weighted by atomic mass is 10.1. The van der Waals surface area contributed by atoms with Crippen LogP contribution in [0.25, 0.3) is 0 Å². The van der Waals surface area contributed by atoms with E-state index in [-0.39, 0.29) is 23.4 Å². The van der Waals surface area contributed by atoms with Crippen LogP contribution in [0.3, 0.4) is 0 Å². The largest absolute Gasteiger partial charge is 0.352 e. The number of halogens is 2. The first kappa shape index (κ1) is 32.8. The molecule has 1 saturated carbocycles. The first-order chi connectivity index (χ1) is 20.4. The maximum atomic E-state index is 14.3. The minimum absolute atomic E-state index is 0.0532. The van der Waals surface area contributed by atoms with Gasteiger partial charge in [0.05, 0.1) is 20.6 Å². The molecule has 2 amide bonds. The molecule has 1 N–H and O–H groups in total. The summed E-state index contributed by atoms with van der Waals surface area (Å²) in [5.74, 6) is -0.754. The zero-order chi connectivity index (χ0) is 31.3. The van der Waals surface area contributed by atoms with E-state index in [4.69, 9.17) is 23.2 Å². The second kappa shape index (κ2) is 14.1. The summed E-state index contributed by atoms with van der Waals surface area (Å²) in [6.45, 7) is 7.12. The van der Waals surface area contributed by atoms with E-state index in [0.717, 1.165) is 46.7 Å². The fraction of sp³-hybridized carbons (Fsp3) is 0.394. The number of anilines is 1. The van der Waals surface area contributed by atoms with Gasteiger partial charge in [0.25, 0.3) is 10.0 Å². The molecule has 10 heteroatoms. The summed E-state index contributed by atoms with van der Waals surface area (Å²) in [6.07, 6.45) is 4.25. The Hall–Kier alpha value is -3.07. The number of sulfonamides is 1. The van der Waals surface area contributed by atoms with Gasteiger partial charge in [-0.3, -0.25) is 13.9 Å². The number of amides is 2. The molecule has 230 valence electrons. The predicted octanol–water partition coefficient (Wildman–Crippen LogP) is 6.98. The Kier molecular flexibility index (Phi) is 10.8. The molecule has 0 aliphatic heterocycles. The number of carbonyl (C=O) groups is 2. The third-order valence-corrected chi connectivity index (χ3v) is 10.6. The van der Waals surface area contributed by atoms with E-state index in [1.54, 1.807) is 54.6 Å². The Morgan fingerprint density at radius 2 is 1.58 bits per heavy atom. The molecule has 0 aromatic heterocycles. The average Bonchev–Trinajstić information content (AvgIpc) is 3.48. The lowest BCUT2D eigenvalue weighted by molar-refractivity contribution is -0.140. The molecule has 0 unspecified atom stereocenters. The molecular formula is C33H39Cl2N3O4S. The quantitative estimate of drug-likeness (QED) is 0.244. The van der Waals surface area contributed by atoms with Crippen LogP contribution in [0.5, 0.6) is 0 Å². The van der Waals surface area contributed by atoms with E-state index in [2.05, 4.69) is 5.32 Å². The molecule has 0 saturated heterocycles. The van der Waals surface area contributed by atoms with Crippen molar-refractivity contribution in [2.24, 2.45) is 0 Å². The number of hydrogen-bond acceptors (Lipinski definition) is 4. The monoisotopic (exact) mass is 643 g/mol. The van der Waals surface area contributed by atoms with Crippen LogP contribution in [0.15, 0.2) is 65.6 Å². The van der Waals surface area contributed by atoms with E-state index >= 15 is 0 Å². The maximum absolute atomic E-state index is 14.3. The van der Waals surface area contributed by atoms with Gasteiger partial charge < -0.3 is 10.2 Å². The predicted molar refractivity (Wildman–Crippen MR) is 173 cm³/mol. The fourth-order valence-corrected chi connectivity index (χ4v) is 7.10. The van der Waals surface area contributed by atoms with Crippen LogP contribution in [0.2, 0.25) is 10.0 Å². The van der Waals surface area contributed by atoms with Crippen molar-refractivity contribution in [1.82, 2.24) is 10.2 Å². The zero-order valence-electron chi connectivity index (χ0n) is 25.1. The molecule has 0 bridgehead atoms. The number of rotatable bonds is 11. The third kappa shape index (κ3) is 7.91. The zero-order valence-corrected chi connectivity index (χ0v) is 27.4. The van der Waals surface area contributed by atoms with Crippen LogP contribution in [0.4, 0.5) is 5.69 Å². The van der Waals surface area contributed by atoms with Crippen LogP contribution in [0, 0.1) is 20.8 Å². The van der Waals surface area contributed by atoms with Crippen LogP contribution >= 0.6 is 23.2 Å². The van der Waals surface area contributed by atoms with Crippen molar-refractivity contribution in [3.05, 3.63) is 93.0 Å². The molecule has 0 spiro atoms. The number of aryl methyl sites for hydroxylation is 3. The SMILES string of the molecule is CC[C@H](C(=O)NC1CCCC1)N(Cc1ccc(Cl)c(Cl)c1)C(=O)CN(c1ccc(C)c(C)c1)S(=O)(=O)c1ccc(C)cc1. The summed E-state index contributed by atoms with van der Waals surface area (Å²) in [7, 11) is -4.14. The summed E-state index contributed by atoms with van der Waals surface area (Å²) in [5, 5.41) is 3.82. The molecular weight excluding hydrogens is 605 g/mol. The molecule has 3 aromatic carbocycles. The van der Waals surface area contributed by atoms with Gasteiger partial charge in [-0.25, -0.2) is 8.42 Å². The van der Waals surface area contributed by atoms with E-state index < -0.39 is 28.5 Å². The number of nitrogens with zero attached hydrogens (tertiary/aromatic N) is 2. The van der Waals surface area contributed by atoms with Gasteiger partial charge in [0.15, 0.2) is 0 Å². The van der Waals surface area contributed by atoms with E-state index in [1.165, 1.54) is 4.90 Å². The number of hydrogen-bond donors (Lipinski definition) is 1. The highest BCUT2D eigenvalue weighted by molar-refractivity contribution is 7.92. The Morgan fingerprint density at radius 1 is 0.907 bits per heavy atom. The highest BCUT2D eigenvalue weighted by Gasteiger charge is 2.34. The van der Waals surface area contributed by atoms with Crippen LogP contribution in [-0.2, 0) is 26.2 Å². The molecule has 7 nitrogen and oxygen atoms in total. The number of nitrogens with one attached hydrogen (secondary N) is 1. The van der Waals surface area contributed by atoms with E-state index in [0.29, 0.717) is 27.7 Å². The highest BCUT2D eigenvalue weighted by Crippen LogP contribution is 2.28. The third-order valence-electron chi connectivity index (χ3n) is 8.09. The topological polar surface area (TPSA) is 86.8 Å². The van der Waals surface area contributed by atoms with Gasteiger partial charge in [0, 0.05) is 12.6 Å². The lowest BCUT2D eigenvalue weighted by Crippen LogP contribution is -2.53. The molecule has 4 rings (SSSR count). The Labute approximate surface area is 265 Å². The Balaban J connectivity index is 1.74. The summed E-state index contributed by atoms with van der Waals surface area (Å²) in [5.41, 5.74) is 3.85. The molecule has 1 aliphatic rings. The summed E-state index contributed by atoms with van der Waals surface area (Å²) in [4.78, 5) is 29.4. The van der Waals surface area contributed by atoms with Gasteiger partial charge in [0.1, 0.15) is 12.6 Å². The van der Waals surface area contributed by atoms with Crippen molar-refractivity contribution >= 4 is 50.7 Å². The second-order valence-corrected chi connectivity index (χ2v) is 14.0. The minimum atomic E-state index is -4.14. The van der Waals surface area contributed by atoms with Crippen molar-refractivity contribution in [2.75, 3.05) is 10.8 Å². The van der Waals surface area contributed by atoms with Gasteiger partial charge in [-0.2, -0.15) is 0 Å². The summed E-state index contributed by atoms with van der Waals surface area (Å²) >= 11 is 12.4. The van der Waals surface area contributed by atoms with Crippen molar-refractivity contribution < 1.29 is 18.0 Å². The van der Waals surface area contributed by atoms with Crippen LogP contribution in [0.1, 0.15) is 61.3 Å². The number of carbonyl (C=O) groups excluding carboxylic acids is 2. The minimum Gasteiger partial charge on any atom is -0.352 e. The van der Waals surface area contributed by atoms with E-state index in [9.17, 15) is 18.0 Å². The van der Waals surface area contributed by atoms with Gasteiger partial charge >= 0.3 is 0 Å². The number of benzene rings is 3.